The van der Waals surface area contributed by atoms with E-state index in [4.69, 9.17) is 9.88 Å². The lowest BCUT2D eigenvalue weighted by atomic mass is 9.84. The number of aryl methyl sites for hydroxylation is 2. The molecule has 0 saturated carbocycles. The molecule has 0 aliphatic heterocycles. The van der Waals surface area contributed by atoms with Gasteiger partial charge in [0.15, 0.2) is 5.75 Å². The maximum absolute atomic E-state index is 11.4. The summed E-state index contributed by atoms with van der Waals surface area (Å²) in [6.45, 7) is 10.5. The van der Waals surface area contributed by atoms with Gasteiger partial charge in [-0.3, -0.25) is 10.1 Å². The summed E-state index contributed by atoms with van der Waals surface area (Å²) in [4.78, 5) is 10.3. The maximum Gasteiger partial charge on any atom is 0.312 e. The number of rotatable bonds is 5. The van der Waals surface area contributed by atoms with Crippen molar-refractivity contribution in [2.45, 2.75) is 51.5 Å². The van der Waals surface area contributed by atoms with Crippen LogP contribution in [-0.4, -0.2) is 13.3 Å². The Hall–Kier alpha value is -2.45. The molecule has 0 heterocycles. The summed E-state index contributed by atoms with van der Waals surface area (Å²) in [6, 6.07) is 7.54. The minimum atomic E-state index is -4.03. The fraction of sp³-hybridized carbons (Fsp3) is 0.368. The summed E-state index contributed by atoms with van der Waals surface area (Å²) < 4.78 is 28.5. The second-order valence-electron chi connectivity index (χ2n) is 7.56. The van der Waals surface area contributed by atoms with Gasteiger partial charge in [0.1, 0.15) is 6.61 Å². The first kappa shape index (κ1) is 20.9. The molecule has 2 rings (SSSR count). The minimum Gasteiger partial charge on any atom is -0.482 e. The van der Waals surface area contributed by atoms with Gasteiger partial charge in [0, 0.05) is 6.07 Å². The summed E-state index contributed by atoms with van der Waals surface area (Å²) >= 11 is 0. The predicted octanol–water partition coefficient (Wildman–Crippen LogP) is 3.74. The van der Waals surface area contributed by atoms with Crippen LogP contribution in [-0.2, 0) is 22.0 Å². The smallest absolute Gasteiger partial charge is 0.312 e. The number of sulfonamides is 1. The van der Waals surface area contributed by atoms with Crippen molar-refractivity contribution in [2.75, 3.05) is 0 Å². The van der Waals surface area contributed by atoms with Crippen LogP contribution >= 0.6 is 0 Å². The molecule has 2 aromatic rings. The van der Waals surface area contributed by atoms with Crippen LogP contribution < -0.4 is 9.88 Å². The van der Waals surface area contributed by atoms with Gasteiger partial charge in [-0.1, -0.05) is 32.9 Å². The Morgan fingerprint density at radius 3 is 2.11 bits per heavy atom. The van der Waals surface area contributed by atoms with Crippen LogP contribution in [0.1, 0.15) is 43.0 Å². The predicted molar refractivity (Wildman–Crippen MR) is 103 cm³/mol. The van der Waals surface area contributed by atoms with E-state index in [1.54, 1.807) is 0 Å². The molecule has 146 valence electrons. The van der Waals surface area contributed by atoms with Gasteiger partial charge in [-0.05, 0) is 53.6 Å². The van der Waals surface area contributed by atoms with Gasteiger partial charge in [-0.15, -0.1) is 0 Å². The highest BCUT2D eigenvalue weighted by Gasteiger charge is 2.21. The lowest BCUT2D eigenvalue weighted by molar-refractivity contribution is -0.386. The zero-order valence-electron chi connectivity index (χ0n) is 16.1. The van der Waals surface area contributed by atoms with E-state index in [0.717, 1.165) is 22.8 Å². The number of nitro benzene ring substituents is 1. The number of hydrogen-bond donors (Lipinski definition) is 1. The SMILES string of the molecule is Cc1cc(C(C)(C)C)cc(C)c1COc1ccc(S(N)(=O)=O)cc1[N+](=O)[O-]. The van der Waals surface area contributed by atoms with E-state index in [1.165, 1.54) is 17.7 Å². The van der Waals surface area contributed by atoms with Crippen LogP contribution in [0.2, 0.25) is 0 Å². The normalized spacial score (nSPS) is 12.1. The molecule has 7 nitrogen and oxygen atoms in total. The molecule has 2 N–H and O–H groups in total. The van der Waals surface area contributed by atoms with Gasteiger partial charge in [-0.2, -0.15) is 0 Å². The van der Waals surface area contributed by atoms with Crippen molar-refractivity contribution in [3.63, 3.8) is 0 Å². The summed E-state index contributed by atoms with van der Waals surface area (Å²) in [5.74, 6) is -0.00824. The Balaban J connectivity index is 2.36. The third kappa shape index (κ3) is 4.84. The number of nitrogens with zero attached hydrogens (tertiary/aromatic N) is 1. The molecule has 0 unspecified atom stereocenters. The van der Waals surface area contributed by atoms with Crippen LogP contribution in [0.4, 0.5) is 5.69 Å². The molecule has 8 heteroatoms. The molecule has 0 spiro atoms. The van der Waals surface area contributed by atoms with Gasteiger partial charge in [0.25, 0.3) is 0 Å². The minimum absolute atomic E-state index is 0.00824. The lowest BCUT2D eigenvalue weighted by Gasteiger charge is -2.22. The molecule has 0 aromatic heterocycles. The summed E-state index contributed by atoms with van der Waals surface area (Å²) in [5.41, 5.74) is 3.77. The Morgan fingerprint density at radius 1 is 1.11 bits per heavy atom. The maximum atomic E-state index is 11.4. The molecule has 0 saturated heterocycles. The van der Waals surface area contributed by atoms with Gasteiger partial charge in [0.05, 0.1) is 9.82 Å². The third-order valence-electron chi connectivity index (χ3n) is 4.39. The molecule has 0 aliphatic rings. The molecule has 0 aliphatic carbocycles. The highest BCUT2D eigenvalue weighted by atomic mass is 32.2. The number of hydrogen-bond acceptors (Lipinski definition) is 5. The Morgan fingerprint density at radius 2 is 1.67 bits per heavy atom. The topological polar surface area (TPSA) is 113 Å². The molecule has 0 bridgehead atoms. The van der Waals surface area contributed by atoms with Crippen molar-refractivity contribution in [1.29, 1.82) is 0 Å². The van der Waals surface area contributed by atoms with Crippen LogP contribution in [0.3, 0.4) is 0 Å². The van der Waals surface area contributed by atoms with Gasteiger partial charge >= 0.3 is 5.69 Å². The van der Waals surface area contributed by atoms with Crippen LogP contribution in [0.15, 0.2) is 35.2 Å². The standard InChI is InChI=1S/C19H24N2O5S/c1-12-8-14(19(3,4)5)9-13(2)16(12)11-26-18-7-6-15(27(20,24)25)10-17(18)21(22)23/h6-10H,11H2,1-5H3,(H2,20,24,25). The van der Waals surface area contributed by atoms with E-state index in [2.05, 4.69) is 32.9 Å². The first-order chi connectivity index (χ1) is 12.3. The van der Waals surface area contributed by atoms with E-state index in [1.807, 2.05) is 13.8 Å². The van der Waals surface area contributed by atoms with E-state index in [0.29, 0.717) is 0 Å². The molecule has 0 radical (unpaired) electrons. The summed E-state index contributed by atoms with van der Waals surface area (Å²) in [7, 11) is -4.03. The number of benzene rings is 2. The van der Waals surface area contributed by atoms with Crippen molar-refractivity contribution in [2.24, 2.45) is 5.14 Å². The quantitative estimate of drug-likeness (QED) is 0.615. The van der Waals surface area contributed by atoms with E-state index in [-0.39, 0.29) is 22.7 Å². The first-order valence-corrected chi connectivity index (χ1v) is 9.90. The van der Waals surface area contributed by atoms with Crippen molar-refractivity contribution < 1.29 is 18.1 Å². The molecular formula is C19H24N2O5S. The number of nitro groups is 1. The fourth-order valence-electron chi connectivity index (χ4n) is 2.74. The average Bonchev–Trinajstić information content (AvgIpc) is 2.51. The Bertz CT molecular complexity index is 969. The molecular weight excluding hydrogens is 368 g/mol. The summed E-state index contributed by atoms with van der Waals surface area (Å²) in [5, 5.41) is 16.3. The van der Waals surface area contributed by atoms with Gasteiger partial charge in [0.2, 0.25) is 10.0 Å². The van der Waals surface area contributed by atoms with E-state index >= 15 is 0 Å². The van der Waals surface area contributed by atoms with Gasteiger partial charge in [-0.25, -0.2) is 13.6 Å². The van der Waals surface area contributed by atoms with Crippen molar-refractivity contribution in [3.05, 3.63) is 62.7 Å². The zero-order valence-corrected chi connectivity index (χ0v) is 16.9. The summed E-state index contributed by atoms with van der Waals surface area (Å²) in [6.07, 6.45) is 0. The average molecular weight is 392 g/mol. The third-order valence-corrected chi connectivity index (χ3v) is 5.30. The van der Waals surface area contributed by atoms with Crippen molar-refractivity contribution in [3.8, 4) is 5.75 Å². The Kier molecular flexibility index (Phi) is 5.63. The molecule has 27 heavy (non-hydrogen) atoms. The molecule has 2 aromatic carbocycles. The molecule has 0 fully saturated rings. The second-order valence-corrected chi connectivity index (χ2v) is 9.12. The van der Waals surface area contributed by atoms with Crippen molar-refractivity contribution >= 4 is 15.7 Å². The largest absolute Gasteiger partial charge is 0.482 e. The Labute approximate surface area is 159 Å². The van der Waals surface area contributed by atoms with Crippen LogP contribution in [0.25, 0.3) is 0 Å². The van der Waals surface area contributed by atoms with Crippen LogP contribution in [0, 0.1) is 24.0 Å². The van der Waals surface area contributed by atoms with Crippen molar-refractivity contribution in [1.82, 2.24) is 0 Å². The van der Waals surface area contributed by atoms with E-state index in [9.17, 15) is 18.5 Å². The fourth-order valence-corrected chi connectivity index (χ4v) is 3.28. The first-order valence-electron chi connectivity index (χ1n) is 8.35. The van der Waals surface area contributed by atoms with E-state index < -0.39 is 20.6 Å². The second kappa shape index (κ2) is 7.28. The monoisotopic (exact) mass is 392 g/mol. The highest BCUT2D eigenvalue weighted by molar-refractivity contribution is 7.89. The number of nitrogens with two attached hydrogens (primary N) is 1. The zero-order chi connectivity index (χ0) is 20.6. The number of ether oxygens (including phenoxy) is 1. The molecule has 0 amide bonds. The van der Waals surface area contributed by atoms with Crippen LogP contribution in [0.5, 0.6) is 5.75 Å². The molecule has 0 atom stereocenters. The lowest BCUT2D eigenvalue weighted by Crippen LogP contribution is -2.13. The van der Waals surface area contributed by atoms with Gasteiger partial charge < -0.3 is 4.74 Å². The highest BCUT2D eigenvalue weighted by Crippen LogP contribution is 2.32. The number of primary sulfonamides is 1.